The van der Waals surface area contributed by atoms with Crippen LogP contribution in [-0.4, -0.2) is 12.1 Å². The molecule has 1 aliphatic carbocycles. The maximum atomic E-state index is 9.93. The quantitative estimate of drug-likeness (QED) is 0.586. The van der Waals surface area contributed by atoms with E-state index in [0.29, 0.717) is 0 Å². The molecule has 0 aromatic heterocycles. The monoisotopic (exact) mass is 141 g/mol. The summed E-state index contributed by atoms with van der Waals surface area (Å²) in [4.78, 5) is 9.93. The molecular weight excluding hydrogens is 128 g/mol. The van der Waals surface area contributed by atoms with E-state index in [1.807, 2.05) is 6.92 Å². The summed E-state index contributed by atoms with van der Waals surface area (Å²) < 4.78 is 4.86. The van der Waals surface area contributed by atoms with Crippen LogP contribution in [0.5, 0.6) is 0 Å². The lowest BCUT2D eigenvalue weighted by atomic mass is 9.86. The van der Waals surface area contributed by atoms with Crippen LogP contribution in [0.25, 0.3) is 0 Å². The predicted octanol–water partition coefficient (Wildman–Crippen LogP) is 1.79. The van der Waals surface area contributed by atoms with Gasteiger partial charge in [0.1, 0.15) is 5.60 Å². The Bertz CT molecular complexity index is 114. The third-order valence-corrected chi connectivity index (χ3v) is 2.20. The highest BCUT2D eigenvalue weighted by Crippen LogP contribution is 2.30. The van der Waals surface area contributed by atoms with Crippen molar-refractivity contribution in [2.45, 2.75) is 44.6 Å². The fourth-order valence-corrected chi connectivity index (χ4v) is 1.50. The first-order valence-corrected chi connectivity index (χ1v) is 3.82. The average Bonchev–Trinajstić information content (AvgIpc) is 1.89. The van der Waals surface area contributed by atoms with Crippen LogP contribution in [0, 0.1) is 0 Å². The average molecular weight is 141 g/mol. The standard InChI is InChI=1S/C8H13O2/c1-8(10-7-9)5-3-2-4-6-8/h2-6H2,1H3. The van der Waals surface area contributed by atoms with Crippen LogP contribution >= 0.6 is 0 Å². The molecule has 0 atom stereocenters. The maximum Gasteiger partial charge on any atom is 0.418 e. The van der Waals surface area contributed by atoms with Gasteiger partial charge in [-0.25, -0.2) is 4.79 Å². The molecule has 2 nitrogen and oxygen atoms in total. The minimum Gasteiger partial charge on any atom is -0.451 e. The van der Waals surface area contributed by atoms with Gasteiger partial charge < -0.3 is 4.74 Å². The lowest BCUT2D eigenvalue weighted by Gasteiger charge is -2.30. The lowest BCUT2D eigenvalue weighted by Crippen LogP contribution is -2.30. The highest BCUT2D eigenvalue weighted by molar-refractivity contribution is 5.39. The Kier molecular flexibility index (Phi) is 2.30. The van der Waals surface area contributed by atoms with Crippen molar-refractivity contribution in [3.8, 4) is 0 Å². The molecule has 1 aliphatic rings. The van der Waals surface area contributed by atoms with Crippen molar-refractivity contribution in [2.75, 3.05) is 0 Å². The zero-order valence-electron chi connectivity index (χ0n) is 6.35. The van der Waals surface area contributed by atoms with Gasteiger partial charge in [0.05, 0.1) is 0 Å². The van der Waals surface area contributed by atoms with E-state index in [1.54, 1.807) is 0 Å². The molecular formula is C8H13O2. The van der Waals surface area contributed by atoms with E-state index in [-0.39, 0.29) is 5.60 Å². The van der Waals surface area contributed by atoms with Crippen molar-refractivity contribution in [3.05, 3.63) is 0 Å². The molecule has 1 radical (unpaired) electrons. The molecule has 1 saturated carbocycles. The Labute approximate surface area is 61.6 Å². The minimum atomic E-state index is -0.194. The van der Waals surface area contributed by atoms with Crippen LogP contribution < -0.4 is 0 Å². The van der Waals surface area contributed by atoms with Gasteiger partial charge in [0.2, 0.25) is 0 Å². The topological polar surface area (TPSA) is 26.3 Å². The van der Waals surface area contributed by atoms with Crippen LogP contribution in [0.1, 0.15) is 39.0 Å². The second-order valence-electron chi connectivity index (χ2n) is 3.20. The highest BCUT2D eigenvalue weighted by Gasteiger charge is 2.27. The number of hydrogen-bond donors (Lipinski definition) is 0. The number of ether oxygens (including phenoxy) is 1. The third kappa shape index (κ3) is 1.72. The van der Waals surface area contributed by atoms with E-state index in [9.17, 15) is 4.79 Å². The fourth-order valence-electron chi connectivity index (χ4n) is 1.50. The largest absolute Gasteiger partial charge is 0.451 e. The number of hydrogen-bond acceptors (Lipinski definition) is 2. The molecule has 0 N–H and O–H groups in total. The van der Waals surface area contributed by atoms with Crippen molar-refractivity contribution in [2.24, 2.45) is 0 Å². The van der Waals surface area contributed by atoms with Crippen LogP contribution in [0.2, 0.25) is 0 Å². The van der Waals surface area contributed by atoms with E-state index in [0.717, 1.165) is 12.8 Å². The zero-order chi connectivity index (χ0) is 7.45. The molecule has 0 bridgehead atoms. The Morgan fingerprint density at radius 1 is 1.30 bits per heavy atom. The molecule has 0 amide bonds. The first-order valence-electron chi connectivity index (χ1n) is 3.82. The van der Waals surface area contributed by atoms with Crippen molar-refractivity contribution >= 4 is 6.47 Å². The third-order valence-electron chi connectivity index (χ3n) is 2.20. The summed E-state index contributed by atoms with van der Waals surface area (Å²) in [6.45, 7) is 3.51. The minimum absolute atomic E-state index is 0.194. The second kappa shape index (κ2) is 3.04. The summed E-state index contributed by atoms with van der Waals surface area (Å²) in [7, 11) is 0. The van der Waals surface area contributed by atoms with Crippen LogP contribution in [0.4, 0.5) is 0 Å². The number of rotatable bonds is 2. The fraction of sp³-hybridized carbons (Fsp3) is 0.875. The highest BCUT2D eigenvalue weighted by atomic mass is 16.5. The Balaban J connectivity index is 2.39. The van der Waals surface area contributed by atoms with E-state index < -0.39 is 0 Å². The number of carbonyl (C=O) groups excluding carboxylic acids is 1. The van der Waals surface area contributed by atoms with Gasteiger partial charge in [-0.3, -0.25) is 0 Å². The predicted molar refractivity (Wildman–Crippen MR) is 38.3 cm³/mol. The van der Waals surface area contributed by atoms with E-state index >= 15 is 0 Å². The van der Waals surface area contributed by atoms with Crippen molar-refractivity contribution < 1.29 is 9.53 Å². The molecule has 57 valence electrons. The van der Waals surface area contributed by atoms with Crippen molar-refractivity contribution in [3.63, 3.8) is 0 Å². The molecule has 0 spiro atoms. The summed E-state index contributed by atoms with van der Waals surface area (Å²) in [5.41, 5.74) is -0.194. The smallest absolute Gasteiger partial charge is 0.418 e. The normalized spacial score (nSPS) is 23.7. The summed E-state index contributed by atoms with van der Waals surface area (Å²) in [6, 6.07) is 0. The Hall–Kier alpha value is -0.530. The van der Waals surface area contributed by atoms with Gasteiger partial charge in [0.25, 0.3) is 0 Å². The molecule has 2 heteroatoms. The zero-order valence-corrected chi connectivity index (χ0v) is 6.35. The van der Waals surface area contributed by atoms with Gasteiger partial charge in [-0.15, -0.1) is 0 Å². The van der Waals surface area contributed by atoms with Crippen LogP contribution in [0.3, 0.4) is 0 Å². The summed E-state index contributed by atoms with van der Waals surface area (Å²) in [5.74, 6) is 0. The van der Waals surface area contributed by atoms with E-state index in [2.05, 4.69) is 0 Å². The second-order valence-corrected chi connectivity index (χ2v) is 3.20. The molecule has 1 rings (SSSR count). The van der Waals surface area contributed by atoms with Crippen molar-refractivity contribution in [1.82, 2.24) is 0 Å². The molecule has 0 saturated heterocycles. The van der Waals surface area contributed by atoms with E-state index in [1.165, 1.54) is 25.7 Å². The van der Waals surface area contributed by atoms with Crippen LogP contribution in [0.15, 0.2) is 0 Å². The van der Waals surface area contributed by atoms with Gasteiger partial charge in [-0.05, 0) is 32.6 Å². The van der Waals surface area contributed by atoms with E-state index in [4.69, 9.17) is 4.74 Å². The van der Waals surface area contributed by atoms with Gasteiger partial charge in [0.15, 0.2) is 0 Å². The SMILES string of the molecule is CC1(O[C]=O)CCCCC1. The summed E-state index contributed by atoms with van der Waals surface area (Å²) >= 11 is 0. The van der Waals surface area contributed by atoms with Gasteiger partial charge in [-0.1, -0.05) is 6.42 Å². The van der Waals surface area contributed by atoms with Crippen molar-refractivity contribution in [1.29, 1.82) is 0 Å². The lowest BCUT2D eigenvalue weighted by molar-refractivity contribution is 0.0330. The Morgan fingerprint density at radius 3 is 2.40 bits per heavy atom. The van der Waals surface area contributed by atoms with Gasteiger partial charge in [-0.2, -0.15) is 0 Å². The summed E-state index contributed by atoms with van der Waals surface area (Å²) in [6.07, 6.45) is 5.64. The first-order chi connectivity index (χ1) is 4.77. The van der Waals surface area contributed by atoms with Gasteiger partial charge in [0, 0.05) is 0 Å². The molecule has 0 aromatic carbocycles. The molecule has 1 fully saturated rings. The first kappa shape index (κ1) is 7.58. The molecule has 0 unspecified atom stereocenters. The maximum absolute atomic E-state index is 9.93. The molecule has 10 heavy (non-hydrogen) atoms. The molecule has 0 aromatic rings. The van der Waals surface area contributed by atoms with Crippen LogP contribution in [-0.2, 0) is 9.53 Å². The van der Waals surface area contributed by atoms with Gasteiger partial charge >= 0.3 is 6.47 Å². The molecule has 0 heterocycles. The summed E-state index contributed by atoms with van der Waals surface area (Å²) in [5, 5.41) is 0. The molecule has 0 aliphatic heterocycles. The Morgan fingerprint density at radius 2 is 1.90 bits per heavy atom.